The minimum atomic E-state index is -0.0485. The summed E-state index contributed by atoms with van der Waals surface area (Å²) in [7, 11) is 2.10. The highest BCUT2D eigenvalue weighted by molar-refractivity contribution is 5.94. The minimum Gasteiger partial charge on any atom is -0.370 e. The molecule has 5 nitrogen and oxygen atoms in total. The van der Waals surface area contributed by atoms with Crippen LogP contribution in [-0.4, -0.2) is 42.5 Å². The van der Waals surface area contributed by atoms with Gasteiger partial charge < -0.3 is 15.5 Å². The van der Waals surface area contributed by atoms with Crippen molar-refractivity contribution in [1.29, 1.82) is 0 Å². The van der Waals surface area contributed by atoms with Crippen molar-refractivity contribution in [3.8, 4) is 0 Å². The first kappa shape index (κ1) is 18.9. The largest absolute Gasteiger partial charge is 0.370 e. The summed E-state index contributed by atoms with van der Waals surface area (Å²) in [4.78, 5) is 18.7. The lowest BCUT2D eigenvalue weighted by Crippen LogP contribution is -2.28. The third-order valence-corrected chi connectivity index (χ3v) is 3.88. The van der Waals surface area contributed by atoms with Gasteiger partial charge in [0.1, 0.15) is 5.82 Å². The van der Waals surface area contributed by atoms with Crippen LogP contribution in [0.25, 0.3) is 0 Å². The number of hydrogen-bond acceptors (Lipinski definition) is 4. The van der Waals surface area contributed by atoms with Crippen molar-refractivity contribution in [3.05, 3.63) is 59.8 Å². The molecule has 0 unspecified atom stereocenters. The zero-order chi connectivity index (χ0) is 17.9. The summed E-state index contributed by atoms with van der Waals surface area (Å²) in [5, 5.41) is 6.18. The number of rotatable bonds is 10. The fraction of sp³-hybridized carbons (Fsp3) is 0.400. The van der Waals surface area contributed by atoms with Crippen molar-refractivity contribution < 1.29 is 4.79 Å². The van der Waals surface area contributed by atoms with Crippen LogP contribution in [0.5, 0.6) is 0 Å². The first-order chi connectivity index (χ1) is 12.2. The Hall–Kier alpha value is -2.40. The van der Waals surface area contributed by atoms with E-state index >= 15 is 0 Å². The SMILES string of the molecule is CCCNc1cc(C(=O)NCCCN(C)Cc2ccccc2)ccn1. The lowest BCUT2D eigenvalue weighted by molar-refractivity contribution is 0.0952. The van der Waals surface area contributed by atoms with Crippen LogP contribution in [0.2, 0.25) is 0 Å². The maximum Gasteiger partial charge on any atom is 0.251 e. The molecule has 0 atom stereocenters. The molecule has 0 bridgehead atoms. The third-order valence-electron chi connectivity index (χ3n) is 3.88. The second-order valence-electron chi connectivity index (χ2n) is 6.19. The molecule has 1 amide bonds. The van der Waals surface area contributed by atoms with E-state index in [0.717, 1.165) is 38.3 Å². The number of benzene rings is 1. The predicted molar refractivity (Wildman–Crippen MR) is 103 cm³/mol. The zero-order valence-corrected chi connectivity index (χ0v) is 15.2. The summed E-state index contributed by atoms with van der Waals surface area (Å²) in [6.45, 7) is 5.47. The molecule has 5 heteroatoms. The van der Waals surface area contributed by atoms with E-state index in [1.165, 1.54) is 5.56 Å². The fourth-order valence-electron chi connectivity index (χ4n) is 2.55. The van der Waals surface area contributed by atoms with E-state index in [-0.39, 0.29) is 5.91 Å². The Morgan fingerprint density at radius 3 is 2.72 bits per heavy atom. The van der Waals surface area contributed by atoms with Crippen molar-refractivity contribution in [1.82, 2.24) is 15.2 Å². The Kier molecular flexibility index (Phi) is 7.92. The van der Waals surface area contributed by atoms with Crippen LogP contribution in [0.3, 0.4) is 0 Å². The number of carbonyl (C=O) groups is 1. The standard InChI is InChI=1S/C20H28N4O/c1-3-11-21-19-15-18(10-13-22-19)20(25)23-12-7-14-24(2)16-17-8-5-4-6-9-17/h4-6,8-10,13,15H,3,7,11-12,14,16H2,1-2H3,(H,21,22)(H,23,25). The minimum absolute atomic E-state index is 0.0485. The highest BCUT2D eigenvalue weighted by Crippen LogP contribution is 2.07. The van der Waals surface area contributed by atoms with Gasteiger partial charge in [0.05, 0.1) is 0 Å². The molecule has 0 saturated carbocycles. The van der Waals surface area contributed by atoms with Gasteiger partial charge in [-0.05, 0) is 44.1 Å². The van der Waals surface area contributed by atoms with Gasteiger partial charge in [-0.1, -0.05) is 37.3 Å². The van der Waals surface area contributed by atoms with E-state index in [9.17, 15) is 4.79 Å². The molecule has 0 saturated heterocycles. The second-order valence-corrected chi connectivity index (χ2v) is 6.19. The van der Waals surface area contributed by atoms with Gasteiger partial charge >= 0.3 is 0 Å². The molecule has 0 radical (unpaired) electrons. The van der Waals surface area contributed by atoms with Crippen LogP contribution in [0.1, 0.15) is 35.7 Å². The molecule has 1 aromatic carbocycles. The normalized spacial score (nSPS) is 10.7. The molecule has 1 heterocycles. The van der Waals surface area contributed by atoms with Crippen LogP contribution in [0.15, 0.2) is 48.7 Å². The summed E-state index contributed by atoms with van der Waals surface area (Å²) < 4.78 is 0. The number of carbonyl (C=O) groups excluding carboxylic acids is 1. The first-order valence-electron chi connectivity index (χ1n) is 8.89. The van der Waals surface area contributed by atoms with Crippen LogP contribution in [0.4, 0.5) is 5.82 Å². The smallest absolute Gasteiger partial charge is 0.251 e. The van der Waals surface area contributed by atoms with Gasteiger partial charge in [0.25, 0.3) is 5.91 Å². The average molecular weight is 340 g/mol. The summed E-state index contributed by atoms with van der Waals surface area (Å²) in [6.07, 6.45) is 3.61. The summed E-state index contributed by atoms with van der Waals surface area (Å²) in [6, 6.07) is 13.9. The van der Waals surface area contributed by atoms with Crippen molar-refractivity contribution in [2.45, 2.75) is 26.3 Å². The Bertz CT molecular complexity index is 645. The monoisotopic (exact) mass is 340 g/mol. The molecular formula is C20H28N4O. The molecule has 0 aliphatic rings. The molecule has 2 aromatic rings. The van der Waals surface area contributed by atoms with Crippen LogP contribution < -0.4 is 10.6 Å². The summed E-state index contributed by atoms with van der Waals surface area (Å²) in [5.41, 5.74) is 1.95. The van der Waals surface area contributed by atoms with E-state index in [1.807, 2.05) is 6.07 Å². The number of hydrogen-bond donors (Lipinski definition) is 2. The lowest BCUT2D eigenvalue weighted by atomic mass is 10.2. The lowest BCUT2D eigenvalue weighted by Gasteiger charge is -2.16. The molecular weight excluding hydrogens is 312 g/mol. The second kappa shape index (κ2) is 10.5. The zero-order valence-electron chi connectivity index (χ0n) is 15.2. The van der Waals surface area contributed by atoms with Gasteiger partial charge in [-0.2, -0.15) is 0 Å². The molecule has 0 spiro atoms. The van der Waals surface area contributed by atoms with Crippen molar-refractivity contribution in [3.63, 3.8) is 0 Å². The topological polar surface area (TPSA) is 57.3 Å². The Balaban J connectivity index is 1.69. The maximum atomic E-state index is 12.2. The number of aromatic nitrogens is 1. The van der Waals surface area contributed by atoms with Crippen molar-refractivity contribution in [2.24, 2.45) is 0 Å². The van der Waals surface area contributed by atoms with E-state index in [2.05, 4.69) is 58.8 Å². The number of amides is 1. The van der Waals surface area contributed by atoms with Crippen LogP contribution >= 0.6 is 0 Å². The van der Waals surface area contributed by atoms with E-state index in [1.54, 1.807) is 18.3 Å². The molecule has 2 rings (SSSR count). The number of nitrogens with one attached hydrogen (secondary N) is 2. The highest BCUT2D eigenvalue weighted by atomic mass is 16.1. The predicted octanol–water partition coefficient (Wildman–Crippen LogP) is 3.16. The average Bonchev–Trinajstić information content (AvgIpc) is 2.64. The van der Waals surface area contributed by atoms with Crippen molar-refractivity contribution in [2.75, 3.05) is 32.0 Å². The van der Waals surface area contributed by atoms with E-state index in [0.29, 0.717) is 12.1 Å². The first-order valence-corrected chi connectivity index (χ1v) is 8.89. The van der Waals surface area contributed by atoms with Crippen LogP contribution in [0, 0.1) is 0 Å². The quantitative estimate of drug-likeness (QED) is 0.652. The van der Waals surface area contributed by atoms with Gasteiger partial charge in [0.15, 0.2) is 0 Å². The molecule has 134 valence electrons. The van der Waals surface area contributed by atoms with Gasteiger partial charge in [0, 0.05) is 31.4 Å². The summed E-state index contributed by atoms with van der Waals surface area (Å²) in [5.74, 6) is 0.699. The number of anilines is 1. The third kappa shape index (κ3) is 6.93. The molecule has 0 aliphatic heterocycles. The molecule has 0 fully saturated rings. The summed E-state index contributed by atoms with van der Waals surface area (Å²) >= 11 is 0. The number of nitrogens with zero attached hydrogens (tertiary/aromatic N) is 2. The molecule has 2 N–H and O–H groups in total. The van der Waals surface area contributed by atoms with E-state index in [4.69, 9.17) is 0 Å². The Morgan fingerprint density at radius 2 is 1.96 bits per heavy atom. The Morgan fingerprint density at radius 1 is 1.16 bits per heavy atom. The highest BCUT2D eigenvalue weighted by Gasteiger charge is 2.06. The maximum absolute atomic E-state index is 12.2. The van der Waals surface area contributed by atoms with Crippen LogP contribution in [-0.2, 0) is 6.54 Å². The van der Waals surface area contributed by atoms with Gasteiger partial charge in [0.2, 0.25) is 0 Å². The van der Waals surface area contributed by atoms with Crippen molar-refractivity contribution >= 4 is 11.7 Å². The Labute approximate surface area is 150 Å². The fourth-order valence-corrected chi connectivity index (χ4v) is 2.55. The van der Waals surface area contributed by atoms with Gasteiger partial charge in [-0.3, -0.25) is 4.79 Å². The van der Waals surface area contributed by atoms with Gasteiger partial charge in [-0.15, -0.1) is 0 Å². The molecule has 0 aliphatic carbocycles. The number of pyridine rings is 1. The van der Waals surface area contributed by atoms with Gasteiger partial charge in [-0.25, -0.2) is 4.98 Å². The molecule has 1 aromatic heterocycles. The molecule has 25 heavy (non-hydrogen) atoms. The van der Waals surface area contributed by atoms with E-state index < -0.39 is 0 Å².